The number of aromatic nitrogens is 4. The summed E-state index contributed by atoms with van der Waals surface area (Å²) in [5.41, 5.74) is 8.85. The predicted molar refractivity (Wildman–Crippen MR) is 79.3 cm³/mol. The van der Waals surface area contributed by atoms with E-state index in [0.29, 0.717) is 17.6 Å². The molecule has 0 atom stereocenters. The van der Waals surface area contributed by atoms with Crippen LogP contribution in [0.5, 0.6) is 0 Å². The van der Waals surface area contributed by atoms with Gasteiger partial charge >= 0.3 is 0 Å². The van der Waals surface area contributed by atoms with Gasteiger partial charge < -0.3 is 5.73 Å². The molecular weight excluding hydrogens is 270 g/mol. The fourth-order valence-corrected chi connectivity index (χ4v) is 2.86. The first-order valence-corrected chi connectivity index (χ1v) is 7.41. The van der Waals surface area contributed by atoms with Crippen LogP contribution in [0.1, 0.15) is 24.5 Å². The molecule has 0 radical (unpaired) electrons. The summed E-state index contributed by atoms with van der Waals surface area (Å²) in [5, 5.41) is 9.39. The monoisotopic (exact) mass is 283 g/mol. The van der Waals surface area contributed by atoms with Gasteiger partial charge in [-0.05, 0) is 30.4 Å². The minimum absolute atomic E-state index is 0.470. The van der Waals surface area contributed by atoms with Gasteiger partial charge in [0.15, 0.2) is 5.82 Å². The van der Waals surface area contributed by atoms with Crippen molar-refractivity contribution in [1.82, 2.24) is 20.2 Å². The normalized spacial score (nSPS) is 14.6. The highest BCUT2D eigenvalue weighted by Gasteiger charge is 2.26. The van der Waals surface area contributed by atoms with E-state index in [-0.39, 0.29) is 0 Å². The molecular formula is C14H13N5S. The number of nitrogen functional groups attached to an aromatic ring is 1. The van der Waals surface area contributed by atoms with E-state index in [1.54, 1.807) is 17.5 Å². The first-order valence-electron chi connectivity index (χ1n) is 6.53. The van der Waals surface area contributed by atoms with Crippen molar-refractivity contribution in [3.05, 3.63) is 35.5 Å². The number of thiophene rings is 1. The average molecular weight is 283 g/mol. The molecule has 0 amide bonds. The molecule has 6 heteroatoms. The second-order valence-electron chi connectivity index (χ2n) is 4.95. The van der Waals surface area contributed by atoms with E-state index in [0.717, 1.165) is 16.1 Å². The molecule has 0 unspecified atom stereocenters. The molecule has 0 spiro atoms. The van der Waals surface area contributed by atoms with Gasteiger partial charge in [0.25, 0.3) is 0 Å². The minimum Gasteiger partial charge on any atom is -0.383 e. The fourth-order valence-electron chi connectivity index (χ4n) is 2.19. The van der Waals surface area contributed by atoms with Gasteiger partial charge in [-0.15, -0.1) is 11.3 Å². The van der Waals surface area contributed by atoms with Crippen LogP contribution in [0.25, 0.3) is 22.0 Å². The molecule has 4 rings (SSSR count). The first kappa shape index (κ1) is 11.6. The zero-order chi connectivity index (χ0) is 13.5. The Kier molecular flexibility index (Phi) is 2.56. The third kappa shape index (κ3) is 1.98. The highest BCUT2D eigenvalue weighted by molar-refractivity contribution is 7.13. The van der Waals surface area contributed by atoms with Crippen molar-refractivity contribution in [3.63, 3.8) is 0 Å². The number of hydrogen-bond donors (Lipinski definition) is 2. The number of nitrogens with one attached hydrogen (secondary N) is 1. The van der Waals surface area contributed by atoms with Crippen LogP contribution in [0.2, 0.25) is 0 Å². The molecule has 1 fully saturated rings. The maximum Gasteiger partial charge on any atom is 0.171 e. The van der Waals surface area contributed by atoms with Crippen molar-refractivity contribution in [2.45, 2.75) is 18.8 Å². The first-order chi connectivity index (χ1) is 9.81. The lowest BCUT2D eigenvalue weighted by molar-refractivity contribution is 0.966. The summed E-state index contributed by atoms with van der Waals surface area (Å²) >= 11 is 1.60. The largest absolute Gasteiger partial charge is 0.383 e. The highest BCUT2D eigenvalue weighted by atomic mass is 32.1. The van der Waals surface area contributed by atoms with Gasteiger partial charge in [0.05, 0.1) is 16.1 Å². The lowest BCUT2D eigenvalue weighted by atomic mass is 10.2. The number of hydrogen-bond acceptors (Lipinski definition) is 5. The number of anilines is 1. The van der Waals surface area contributed by atoms with Gasteiger partial charge in [0, 0.05) is 17.8 Å². The van der Waals surface area contributed by atoms with Crippen LogP contribution >= 0.6 is 11.3 Å². The molecule has 20 heavy (non-hydrogen) atoms. The predicted octanol–water partition coefficient (Wildman–Crippen LogP) is 3.05. The number of nitrogens with two attached hydrogens (primary N) is 1. The van der Waals surface area contributed by atoms with Gasteiger partial charge in [-0.1, -0.05) is 6.07 Å². The molecule has 0 bridgehead atoms. The van der Waals surface area contributed by atoms with Crippen molar-refractivity contribution >= 4 is 17.2 Å². The molecule has 0 aliphatic heterocycles. The third-order valence-corrected chi connectivity index (χ3v) is 4.32. The summed E-state index contributed by atoms with van der Waals surface area (Å²) in [5.74, 6) is 1.78. The highest BCUT2D eigenvalue weighted by Crippen LogP contribution is 2.40. The molecule has 0 saturated heterocycles. The summed E-state index contributed by atoms with van der Waals surface area (Å²) in [6.07, 6.45) is 4.24. The summed E-state index contributed by atoms with van der Waals surface area (Å²) in [6.45, 7) is 0. The zero-order valence-corrected chi connectivity index (χ0v) is 11.5. The zero-order valence-electron chi connectivity index (χ0n) is 10.7. The molecule has 5 nitrogen and oxygen atoms in total. The van der Waals surface area contributed by atoms with E-state index in [1.165, 1.54) is 18.5 Å². The maximum atomic E-state index is 6.06. The Labute approximate surface area is 119 Å². The second kappa shape index (κ2) is 4.42. The maximum absolute atomic E-state index is 6.06. The summed E-state index contributed by atoms with van der Waals surface area (Å²) < 4.78 is 0. The summed E-state index contributed by atoms with van der Waals surface area (Å²) in [7, 11) is 0. The molecule has 3 aromatic heterocycles. The smallest absolute Gasteiger partial charge is 0.171 e. The van der Waals surface area contributed by atoms with Crippen LogP contribution in [-0.4, -0.2) is 20.2 Å². The van der Waals surface area contributed by atoms with E-state index < -0.39 is 0 Å². The van der Waals surface area contributed by atoms with Crippen LogP contribution in [0.3, 0.4) is 0 Å². The summed E-state index contributed by atoms with van der Waals surface area (Å²) in [4.78, 5) is 9.80. The fraction of sp³-hybridized carbons (Fsp3) is 0.214. The average Bonchev–Trinajstić information content (AvgIpc) is 2.98. The van der Waals surface area contributed by atoms with Crippen molar-refractivity contribution < 1.29 is 0 Å². The van der Waals surface area contributed by atoms with Crippen molar-refractivity contribution in [3.8, 4) is 22.0 Å². The third-order valence-electron chi connectivity index (χ3n) is 3.45. The van der Waals surface area contributed by atoms with Crippen LogP contribution in [-0.2, 0) is 0 Å². The van der Waals surface area contributed by atoms with E-state index in [2.05, 4.69) is 26.2 Å². The Hall–Kier alpha value is -2.21. The lowest BCUT2D eigenvalue weighted by Crippen LogP contribution is -1.98. The number of aromatic amines is 1. The SMILES string of the molecule is Nc1nc(-c2cccs2)ncc1-c1cc(C2CC2)[nH]n1. The lowest BCUT2D eigenvalue weighted by Gasteiger charge is -2.02. The van der Waals surface area contributed by atoms with Gasteiger partial charge in [-0.25, -0.2) is 9.97 Å². The molecule has 1 saturated carbocycles. The number of rotatable bonds is 3. The molecule has 3 heterocycles. The Balaban J connectivity index is 1.71. The van der Waals surface area contributed by atoms with Crippen molar-refractivity contribution in [2.75, 3.05) is 5.73 Å². The Bertz CT molecular complexity index is 743. The molecule has 3 aromatic rings. The van der Waals surface area contributed by atoms with E-state index >= 15 is 0 Å². The van der Waals surface area contributed by atoms with Crippen LogP contribution < -0.4 is 5.73 Å². The number of H-pyrrole nitrogens is 1. The van der Waals surface area contributed by atoms with Gasteiger partial charge in [0.1, 0.15) is 5.82 Å². The topological polar surface area (TPSA) is 80.5 Å². The van der Waals surface area contributed by atoms with E-state index in [4.69, 9.17) is 5.73 Å². The summed E-state index contributed by atoms with van der Waals surface area (Å²) in [6, 6.07) is 6.01. The second-order valence-corrected chi connectivity index (χ2v) is 5.90. The van der Waals surface area contributed by atoms with Gasteiger partial charge in [-0.2, -0.15) is 5.10 Å². The van der Waals surface area contributed by atoms with Crippen molar-refractivity contribution in [1.29, 1.82) is 0 Å². The van der Waals surface area contributed by atoms with E-state index in [9.17, 15) is 0 Å². The molecule has 3 N–H and O–H groups in total. The quantitative estimate of drug-likeness (QED) is 0.774. The molecule has 1 aliphatic rings. The van der Waals surface area contributed by atoms with Crippen LogP contribution in [0.15, 0.2) is 29.8 Å². The van der Waals surface area contributed by atoms with Crippen molar-refractivity contribution in [2.24, 2.45) is 0 Å². The molecule has 1 aliphatic carbocycles. The standard InChI is InChI=1S/C14H13N5S/c15-13-9(11-6-10(18-19-11)8-3-4-8)7-16-14(17-13)12-2-1-5-20-12/h1-2,5-8H,3-4H2,(H,18,19)(H2,15,16,17). The van der Waals surface area contributed by atoms with Crippen LogP contribution in [0.4, 0.5) is 5.82 Å². The van der Waals surface area contributed by atoms with Gasteiger partial charge in [-0.3, -0.25) is 5.10 Å². The van der Waals surface area contributed by atoms with Gasteiger partial charge in [0.2, 0.25) is 0 Å². The number of nitrogens with zero attached hydrogens (tertiary/aromatic N) is 3. The molecule has 0 aromatic carbocycles. The Morgan fingerprint density at radius 1 is 1.35 bits per heavy atom. The Morgan fingerprint density at radius 2 is 2.25 bits per heavy atom. The van der Waals surface area contributed by atoms with Crippen LogP contribution in [0, 0.1) is 0 Å². The Morgan fingerprint density at radius 3 is 2.95 bits per heavy atom. The van der Waals surface area contributed by atoms with E-state index in [1.807, 2.05) is 17.5 Å². The molecule has 100 valence electrons. The minimum atomic E-state index is 0.470.